The molecule has 0 atom stereocenters. The Bertz CT molecular complexity index is 1170. The second-order valence-corrected chi connectivity index (χ2v) is 9.22. The zero-order valence-electron chi connectivity index (χ0n) is 17.7. The van der Waals surface area contributed by atoms with Crippen LogP contribution in [0.1, 0.15) is 36.5 Å². The average Bonchev–Trinajstić information content (AvgIpc) is 2.76. The normalized spacial score (nSPS) is 11.4. The van der Waals surface area contributed by atoms with Gasteiger partial charge in [0.1, 0.15) is 28.8 Å². The Morgan fingerprint density at radius 1 is 1.03 bits per heavy atom. The van der Waals surface area contributed by atoms with Gasteiger partial charge in [-0.2, -0.15) is 0 Å². The van der Waals surface area contributed by atoms with Crippen molar-refractivity contribution in [3.05, 3.63) is 70.6 Å². The van der Waals surface area contributed by atoms with Gasteiger partial charge in [0.05, 0.1) is 19.1 Å². The number of nitrogens with zero attached hydrogens (tertiary/aromatic N) is 2. The minimum absolute atomic E-state index is 0.116. The molecule has 0 bridgehead atoms. The summed E-state index contributed by atoms with van der Waals surface area (Å²) in [6, 6.07) is 12.1. The summed E-state index contributed by atoms with van der Waals surface area (Å²) in [5.41, 5.74) is 2.27. The number of hydrogen-bond donors (Lipinski definition) is 1. The first-order valence-electron chi connectivity index (χ1n) is 9.58. The average molecular weight is 462 g/mol. The van der Waals surface area contributed by atoms with E-state index in [0.717, 1.165) is 11.1 Å². The summed E-state index contributed by atoms with van der Waals surface area (Å²) in [5, 5.41) is 0.153. The molecule has 0 saturated heterocycles. The largest absolute Gasteiger partial charge is 0.497 e. The summed E-state index contributed by atoms with van der Waals surface area (Å²) in [4.78, 5) is 8.28. The van der Waals surface area contributed by atoms with Crippen molar-refractivity contribution in [2.24, 2.45) is 0 Å². The summed E-state index contributed by atoms with van der Waals surface area (Å²) >= 11 is 6.31. The van der Waals surface area contributed by atoms with Crippen LogP contribution in [-0.4, -0.2) is 32.6 Å². The van der Waals surface area contributed by atoms with Crippen molar-refractivity contribution in [1.29, 1.82) is 0 Å². The Kier molecular flexibility index (Phi) is 7.02. The minimum atomic E-state index is -3.86. The molecule has 31 heavy (non-hydrogen) atoms. The third-order valence-electron chi connectivity index (χ3n) is 4.84. The Hall–Kier alpha value is -2.84. The smallest absolute Gasteiger partial charge is 0.263 e. The molecule has 0 aliphatic rings. The lowest BCUT2D eigenvalue weighted by Crippen LogP contribution is -2.16. The molecule has 3 rings (SSSR count). The van der Waals surface area contributed by atoms with Crippen molar-refractivity contribution in [2.75, 3.05) is 18.9 Å². The first kappa shape index (κ1) is 22.8. The third-order valence-corrected chi connectivity index (χ3v) is 6.52. The van der Waals surface area contributed by atoms with E-state index in [1.165, 1.54) is 6.33 Å². The maximum Gasteiger partial charge on any atom is 0.263 e. The Balaban J connectivity index is 1.94. The van der Waals surface area contributed by atoms with Gasteiger partial charge in [0.15, 0.2) is 0 Å². The van der Waals surface area contributed by atoms with E-state index in [-0.39, 0.29) is 22.3 Å². The van der Waals surface area contributed by atoms with Gasteiger partial charge in [-0.25, -0.2) is 18.4 Å². The van der Waals surface area contributed by atoms with E-state index in [1.54, 1.807) is 50.6 Å². The second kappa shape index (κ2) is 9.53. The molecule has 2 aromatic carbocycles. The van der Waals surface area contributed by atoms with E-state index in [4.69, 9.17) is 21.1 Å². The fourth-order valence-electron chi connectivity index (χ4n) is 3.04. The number of hydrogen-bond acceptors (Lipinski definition) is 6. The molecule has 0 fully saturated rings. The quantitative estimate of drug-likeness (QED) is 0.490. The topological polar surface area (TPSA) is 90.4 Å². The van der Waals surface area contributed by atoms with Crippen LogP contribution in [0, 0.1) is 0 Å². The molecule has 1 heterocycles. The Labute approximate surface area is 187 Å². The standard InChI is InChI=1S/C22H24ClN3O4S/c1-14(2)15-6-9-18(10-7-15)31(27,28)26-22-19(21(23)24-13-25-22)11-16-5-8-17(29-3)12-20(16)30-4/h5-10,12-14H,11H2,1-4H3,(H,24,25,26). The molecular weight excluding hydrogens is 438 g/mol. The molecule has 0 spiro atoms. The SMILES string of the molecule is COc1ccc(Cc2c(Cl)ncnc2NS(=O)(=O)c2ccc(C(C)C)cc2)c(OC)c1. The van der Waals surface area contributed by atoms with Crippen LogP contribution in [0.4, 0.5) is 5.82 Å². The number of nitrogens with one attached hydrogen (secondary N) is 1. The predicted octanol–water partition coefficient (Wildman–Crippen LogP) is 4.66. The fraction of sp³-hybridized carbons (Fsp3) is 0.273. The van der Waals surface area contributed by atoms with E-state index in [1.807, 2.05) is 19.9 Å². The van der Waals surface area contributed by atoms with Crippen LogP contribution in [0.3, 0.4) is 0 Å². The summed E-state index contributed by atoms with van der Waals surface area (Å²) in [6.07, 6.45) is 1.48. The fourth-order valence-corrected chi connectivity index (χ4v) is 4.28. The van der Waals surface area contributed by atoms with Gasteiger partial charge in [-0.05, 0) is 35.2 Å². The van der Waals surface area contributed by atoms with E-state index >= 15 is 0 Å². The molecular formula is C22H24ClN3O4S. The van der Waals surface area contributed by atoms with Gasteiger partial charge in [-0.15, -0.1) is 0 Å². The van der Waals surface area contributed by atoms with Crippen LogP contribution >= 0.6 is 11.6 Å². The van der Waals surface area contributed by atoms with Crippen LogP contribution in [0.2, 0.25) is 5.15 Å². The summed E-state index contributed by atoms with van der Waals surface area (Å²) < 4.78 is 39.1. The molecule has 0 aliphatic carbocycles. The van der Waals surface area contributed by atoms with Gasteiger partial charge in [-0.3, -0.25) is 4.72 Å². The van der Waals surface area contributed by atoms with Crippen molar-refractivity contribution in [1.82, 2.24) is 9.97 Å². The monoisotopic (exact) mass is 461 g/mol. The maximum absolute atomic E-state index is 12.9. The van der Waals surface area contributed by atoms with Crippen molar-refractivity contribution in [3.63, 3.8) is 0 Å². The van der Waals surface area contributed by atoms with Gasteiger partial charge >= 0.3 is 0 Å². The highest BCUT2D eigenvalue weighted by molar-refractivity contribution is 7.92. The predicted molar refractivity (Wildman–Crippen MR) is 121 cm³/mol. The third kappa shape index (κ3) is 5.26. The number of sulfonamides is 1. The molecule has 0 aliphatic heterocycles. The highest BCUT2D eigenvalue weighted by Gasteiger charge is 2.20. The molecule has 3 aromatic rings. The van der Waals surface area contributed by atoms with Crippen LogP contribution in [0.25, 0.3) is 0 Å². The number of ether oxygens (including phenoxy) is 2. The van der Waals surface area contributed by atoms with E-state index in [0.29, 0.717) is 23.0 Å². The Morgan fingerprint density at radius 2 is 1.74 bits per heavy atom. The lowest BCUT2D eigenvalue weighted by atomic mass is 10.0. The van der Waals surface area contributed by atoms with Crippen LogP contribution < -0.4 is 14.2 Å². The molecule has 0 amide bonds. The van der Waals surface area contributed by atoms with Gasteiger partial charge in [-0.1, -0.05) is 43.6 Å². The van der Waals surface area contributed by atoms with E-state index in [2.05, 4.69) is 14.7 Å². The zero-order valence-corrected chi connectivity index (χ0v) is 19.3. The molecule has 0 saturated carbocycles. The highest BCUT2D eigenvalue weighted by Crippen LogP contribution is 2.31. The number of rotatable bonds is 8. The highest BCUT2D eigenvalue weighted by atomic mass is 35.5. The number of anilines is 1. The summed E-state index contributed by atoms with van der Waals surface area (Å²) in [5.74, 6) is 1.64. The molecule has 9 heteroatoms. The van der Waals surface area contributed by atoms with Gasteiger partial charge in [0, 0.05) is 18.1 Å². The van der Waals surface area contributed by atoms with E-state index in [9.17, 15) is 8.42 Å². The van der Waals surface area contributed by atoms with E-state index < -0.39 is 10.0 Å². The molecule has 1 N–H and O–H groups in total. The number of aromatic nitrogens is 2. The van der Waals surface area contributed by atoms with Crippen LogP contribution in [-0.2, 0) is 16.4 Å². The molecule has 0 radical (unpaired) electrons. The molecule has 1 aromatic heterocycles. The molecule has 0 unspecified atom stereocenters. The van der Waals surface area contributed by atoms with Gasteiger partial charge in [0.2, 0.25) is 0 Å². The lowest BCUT2D eigenvalue weighted by Gasteiger charge is -2.15. The van der Waals surface area contributed by atoms with Gasteiger partial charge in [0.25, 0.3) is 10.0 Å². The number of methoxy groups -OCH3 is 2. The summed E-state index contributed by atoms with van der Waals surface area (Å²) in [6.45, 7) is 4.09. The molecule has 7 nitrogen and oxygen atoms in total. The summed E-state index contributed by atoms with van der Waals surface area (Å²) in [7, 11) is -0.750. The Morgan fingerprint density at radius 3 is 2.35 bits per heavy atom. The van der Waals surface area contributed by atoms with Crippen LogP contribution in [0.5, 0.6) is 11.5 Å². The first-order valence-corrected chi connectivity index (χ1v) is 11.4. The number of halogens is 1. The first-order chi connectivity index (χ1) is 14.7. The lowest BCUT2D eigenvalue weighted by molar-refractivity contribution is 0.391. The zero-order chi connectivity index (χ0) is 22.6. The van der Waals surface area contributed by atoms with Crippen molar-refractivity contribution < 1.29 is 17.9 Å². The van der Waals surface area contributed by atoms with Gasteiger partial charge < -0.3 is 9.47 Å². The minimum Gasteiger partial charge on any atom is -0.497 e. The van der Waals surface area contributed by atoms with Crippen molar-refractivity contribution in [2.45, 2.75) is 31.1 Å². The maximum atomic E-state index is 12.9. The van der Waals surface area contributed by atoms with Crippen molar-refractivity contribution in [3.8, 4) is 11.5 Å². The number of benzene rings is 2. The molecule has 164 valence electrons. The van der Waals surface area contributed by atoms with Crippen LogP contribution in [0.15, 0.2) is 53.7 Å². The second-order valence-electron chi connectivity index (χ2n) is 7.18. The van der Waals surface area contributed by atoms with Crippen molar-refractivity contribution >= 4 is 27.4 Å².